The summed E-state index contributed by atoms with van der Waals surface area (Å²) in [6.45, 7) is 11.9. The van der Waals surface area contributed by atoms with Gasteiger partial charge < -0.3 is 10.0 Å². The van der Waals surface area contributed by atoms with Crippen molar-refractivity contribution >= 4 is 23.2 Å². The molecule has 1 N–H and O–H groups in total. The molecule has 7 nitrogen and oxygen atoms in total. The largest absolute Gasteiger partial charge is 0.490 e. The molecule has 0 atom stereocenters. The topological polar surface area (TPSA) is 77.0 Å². The molecule has 1 aromatic carbocycles. The smallest absolute Gasteiger partial charge is 0.475 e. The number of piperidine rings is 1. The lowest BCUT2D eigenvalue weighted by atomic mass is 9.82. The van der Waals surface area contributed by atoms with Crippen LogP contribution in [0, 0.1) is 6.92 Å². The second-order valence-electron chi connectivity index (χ2n) is 10.0. The predicted octanol–water partition coefficient (Wildman–Crippen LogP) is 4.52. The number of alkyl halides is 3. The normalized spacial score (nSPS) is 18.7. The summed E-state index contributed by atoms with van der Waals surface area (Å²) in [6, 6.07) is 9.03. The van der Waals surface area contributed by atoms with E-state index in [2.05, 4.69) is 58.3 Å². The molecule has 4 rings (SSSR count). The monoisotopic (exact) mass is 540 g/mol. The van der Waals surface area contributed by atoms with Crippen molar-refractivity contribution in [2.24, 2.45) is 0 Å². The number of halogens is 3. The van der Waals surface area contributed by atoms with Gasteiger partial charge in [-0.15, -0.1) is 11.3 Å². The Balaban J connectivity index is 0.000000479. The molecule has 2 saturated heterocycles. The van der Waals surface area contributed by atoms with Crippen LogP contribution in [0.4, 0.5) is 13.2 Å². The van der Waals surface area contributed by atoms with Crippen molar-refractivity contribution < 1.29 is 27.9 Å². The number of hydrogen-bond donors (Lipinski definition) is 1. The highest BCUT2D eigenvalue weighted by Gasteiger charge is 2.49. The molecule has 0 aliphatic carbocycles. The predicted molar refractivity (Wildman–Crippen MR) is 136 cm³/mol. The van der Waals surface area contributed by atoms with E-state index in [0.717, 1.165) is 62.8 Å². The van der Waals surface area contributed by atoms with Gasteiger partial charge in [0, 0.05) is 51.7 Å². The van der Waals surface area contributed by atoms with Gasteiger partial charge in [0.25, 0.3) is 0 Å². The first kappa shape index (κ1) is 29.1. The highest BCUT2D eigenvalue weighted by Crippen LogP contribution is 2.35. The molecule has 2 aliphatic rings. The summed E-state index contributed by atoms with van der Waals surface area (Å²) >= 11 is 1.69. The van der Waals surface area contributed by atoms with Crippen LogP contribution in [0.5, 0.6) is 0 Å². The number of piperazine rings is 1. The van der Waals surface area contributed by atoms with Crippen molar-refractivity contribution in [3.8, 4) is 0 Å². The summed E-state index contributed by atoms with van der Waals surface area (Å²) in [6.07, 6.45) is -3.30. The molecule has 0 unspecified atom stereocenters. The Morgan fingerprint density at radius 3 is 2.19 bits per heavy atom. The van der Waals surface area contributed by atoms with E-state index in [0.29, 0.717) is 11.8 Å². The Bertz CT molecular complexity index is 1060. The molecular formula is C26H35F3N4O3S. The van der Waals surface area contributed by atoms with Crippen LogP contribution < -0.4 is 0 Å². The first-order chi connectivity index (χ1) is 17.3. The molecule has 204 valence electrons. The number of nitrogens with zero attached hydrogens (tertiary/aromatic N) is 4. The van der Waals surface area contributed by atoms with Crippen LogP contribution in [-0.2, 0) is 22.7 Å². The summed E-state index contributed by atoms with van der Waals surface area (Å²) in [7, 11) is 1.96. The van der Waals surface area contributed by atoms with Gasteiger partial charge in [-0.05, 0) is 36.8 Å². The number of carboxylic acid groups (broad SMARTS) is 1. The summed E-state index contributed by atoms with van der Waals surface area (Å²) < 4.78 is 31.7. The highest BCUT2D eigenvalue weighted by molar-refractivity contribution is 7.09. The van der Waals surface area contributed by atoms with E-state index in [4.69, 9.17) is 9.90 Å². The van der Waals surface area contributed by atoms with Gasteiger partial charge >= 0.3 is 12.1 Å². The van der Waals surface area contributed by atoms with E-state index in [9.17, 15) is 18.0 Å². The number of aromatic nitrogens is 1. The van der Waals surface area contributed by atoms with E-state index >= 15 is 0 Å². The number of rotatable bonds is 5. The zero-order chi connectivity index (χ0) is 27.4. The van der Waals surface area contributed by atoms with E-state index in [1.165, 1.54) is 11.1 Å². The Morgan fingerprint density at radius 2 is 1.70 bits per heavy atom. The minimum Gasteiger partial charge on any atom is -0.475 e. The number of carbonyl (C=O) groups is 2. The number of likely N-dealkylation sites (tertiary alicyclic amines) is 1. The minimum absolute atomic E-state index is 0.293. The third-order valence-electron chi connectivity index (χ3n) is 7.05. The van der Waals surface area contributed by atoms with Crippen molar-refractivity contribution in [2.75, 3.05) is 33.2 Å². The number of aliphatic carboxylic acids is 1. The van der Waals surface area contributed by atoms with Gasteiger partial charge in [-0.2, -0.15) is 13.2 Å². The molecule has 2 fully saturated rings. The third kappa shape index (κ3) is 7.30. The summed E-state index contributed by atoms with van der Waals surface area (Å²) in [5.74, 6) is -1.90. The van der Waals surface area contributed by atoms with Crippen molar-refractivity contribution in [1.82, 2.24) is 19.7 Å². The fraction of sp³-hybridized carbons (Fsp3) is 0.577. The number of thiazole rings is 1. The molecular weight excluding hydrogens is 505 g/mol. The van der Waals surface area contributed by atoms with E-state index < -0.39 is 12.1 Å². The van der Waals surface area contributed by atoms with Gasteiger partial charge in [0.15, 0.2) is 0 Å². The minimum atomic E-state index is -5.08. The Labute approximate surface area is 219 Å². The van der Waals surface area contributed by atoms with Crippen LogP contribution in [0.2, 0.25) is 0 Å². The van der Waals surface area contributed by atoms with Gasteiger partial charge in [-0.1, -0.05) is 38.1 Å². The average molecular weight is 541 g/mol. The van der Waals surface area contributed by atoms with Crippen molar-refractivity contribution in [1.29, 1.82) is 0 Å². The Kier molecular flexibility index (Phi) is 9.36. The number of benzene rings is 1. The number of hydrogen-bond acceptors (Lipinski definition) is 6. The maximum absolute atomic E-state index is 13.3. The van der Waals surface area contributed by atoms with Gasteiger partial charge in [-0.25, -0.2) is 9.78 Å². The number of amides is 1. The molecule has 11 heteroatoms. The molecule has 1 amide bonds. The molecule has 1 spiro atoms. The van der Waals surface area contributed by atoms with Gasteiger partial charge in [0.05, 0.1) is 10.7 Å². The van der Waals surface area contributed by atoms with E-state index in [1.54, 1.807) is 11.3 Å². The SMILES string of the molecule is Cc1nc(CN2CCN(C)C(=O)C23CCN(Cc2ccc(C(C)C)cc2)CC3)cs1.O=C(O)C(F)(F)F. The fourth-order valence-electron chi connectivity index (χ4n) is 4.86. The van der Waals surface area contributed by atoms with Crippen LogP contribution in [0.25, 0.3) is 0 Å². The second kappa shape index (κ2) is 11.9. The van der Waals surface area contributed by atoms with Gasteiger partial charge in [0.2, 0.25) is 5.91 Å². The number of carbonyl (C=O) groups excluding carboxylic acids is 1. The quantitative estimate of drug-likeness (QED) is 0.601. The molecule has 3 heterocycles. The average Bonchev–Trinajstić information content (AvgIpc) is 3.25. The van der Waals surface area contributed by atoms with Crippen LogP contribution >= 0.6 is 11.3 Å². The first-order valence-corrected chi connectivity index (χ1v) is 13.2. The van der Waals surface area contributed by atoms with Crippen LogP contribution in [0.3, 0.4) is 0 Å². The lowest BCUT2D eigenvalue weighted by Gasteiger charge is -2.52. The zero-order valence-electron chi connectivity index (χ0n) is 21.7. The first-order valence-electron chi connectivity index (χ1n) is 12.3. The molecule has 2 aliphatic heterocycles. The lowest BCUT2D eigenvalue weighted by molar-refractivity contribution is -0.192. The Morgan fingerprint density at radius 1 is 1.11 bits per heavy atom. The summed E-state index contributed by atoms with van der Waals surface area (Å²) in [4.78, 5) is 33.7. The van der Waals surface area contributed by atoms with E-state index in [-0.39, 0.29) is 5.54 Å². The fourth-order valence-corrected chi connectivity index (χ4v) is 5.46. The number of carboxylic acids is 1. The number of likely N-dealkylation sites (N-methyl/N-ethyl adjacent to an activating group) is 1. The second-order valence-corrected chi connectivity index (χ2v) is 11.1. The third-order valence-corrected chi connectivity index (χ3v) is 7.88. The van der Waals surface area contributed by atoms with Crippen molar-refractivity contribution in [3.63, 3.8) is 0 Å². The van der Waals surface area contributed by atoms with Crippen molar-refractivity contribution in [2.45, 2.75) is 64.3 Å². The van der Waals surface area contributed by atoms with Crippen LogP contribution in [0.15, 0.2) is 29.6 Å². The maximum Gasteiger partial charge on any atom is 0.490 e. The van der Waals surface area contributed by atoms with Crippen LogP contribution in [0.1, 0.15) is 54.4 Å². The molecule has 0 saturated carbocycles. The van der Waals surface area contributed by atoms with Crippen molar-refractivity contribution in [3.05, 3.63) is 51.5 Å². The maximum atomic E-state index is 13.3. The molecule has 1 aromatic heterocycles. The molecule has 2 aromatic rings. The lowest BCUT2D eigenvalue weighted by Crippen LogP contribution is -2.67. The summed E-state index contributed by atoms with van der Waals surface area (Å²) in [5, 5.41) is 10.4. The van der Waals surface area contributed by atoms with Gasteiger partial charge in [0.1, 0.15) is 5.54 Å². The highest BCUT2D eigenvalue weighted by atomic mass is 32.1. The number of aryl methyl sites for hydroxylation is 1. The van der Waals surface area contributed by atoms with Gasteiger partial charge in [-0.3, -0.25) is 14.6 Å². The van der Waals surface area contributed by atoms with E-state index in [1.807, 2.05) is 18.9 Å². The zero-order valence-corrected chi connectivity index (χ0v) is 22.5. The molecule has 0 bridgehead atoms. The Hall–Kier alpha value is -2.50. The summed E-state index contributed by atoms with van der Waals surface area (Å²) in [5.41, 5.74) is 3.47. The molecule has 37 heavy (non-hydrogen) atoms. The molecule has 0 radical (unpaired) electrons. The standard InChI is InChI=1S/C24H34N4OS.C2HF3O2/c1-18(2)21-7-5-20(6-8-21)15-27-11-9-24(10-12-27)23(29)26(4)13-14-28(24)16-22-17-30-19(3)25-22;3-2(4,5)1(6)7/h5-8,17-18H,9-16H2,1-4H3;(H,6,7). The van der Waals surface area contributed by atoms with Crippen LogP contribution in [-0.4, -0.2) is 81.6 Å².